The van der Waals surface area contributed by atoms with Crippen LogP contribution in [0.25, 0.3) is 0 Å². The number of nitrogens with one attached hydrogen (secondary N) is 3. The highest BCUT2D eigenvalue weighted by Gasteiger charge is 2.69. The molecule has 0 aromatic rings. The lowest BCUT2D eigenvalue weighted by Crippen LogP contribution is -2.60. The molecule has 11 heteroatoms. The van der Waals surface area contributed by atoms with Gasteiger partial charge in [0.05, 0.1) is 12.0 Å². The van der Waals surface area contributed by atoms with Gasteiger partial charge in [0.25, 0.3) is 0 Å². The molecule has 1 unspecified atom stereocenters. The number of aldehydes is 1. The van der Waals surface area contributed by atoms with E-state index in [1.54, 1.807) is 25.7 Å². The molecule has 0 aromatic carbocycles. The maximum atomic E-state index is 13.9. The fraction of sp³-hybridized carbons (Fsp3) is 0.808. The van der Waals surface area contributed by atoms with Crippen molar-refractivity contribution in [2.24, 2.45) is 28.6 Å². The molecule has 4 amide bonds. The number of alkyl carbamates (subject to hydrolysis) is 1. The third-order valence-electron chi connectivity index (χ3n) is 7.78. The van der Waals surface area contributed by atoms with Gasteiger partial charge in [-0.1, -0.05) is 57.2 Å². The Morgan fingerprint density at radius 2 is 1.81 bits per heavy atom. The molecular weight excluding hydrogens is 591 g/mol. The number of carbonyl (C=O) groups excluding carboxylic acids is 5. The van der Waals surface area contributed by atoms with Crippen LogP contribution < -0.4 is 16.0 Å². The van der Waals surface area contributed by atoms with Gasteiger partial charge in [-0.15, -0.1) is 0 Å². The summed E-state index contributed by atoms with van der Waals surface area (Å²) in [4.78, 5) is 65.6. The van der Waals surface area contributed by atoms with Crippen LogP contribution in [0.4, 0.5) is 4.79 Å². The molecule has 2 heterocycles. The molecular formula is C26H41IN4O6. The minimum Gasteiger partial charge on any atom is -0.444 e. The Kier molecular flexibility index (Phi) is 8.27. The Labute approximate surface area is 232 Å². The first-order chi connectivity index (χ1) is 16.9. The molecule has 208 valence electrons. The molecule has 3 N–H and O–H groups in total. The second-order valence-corrected chi connectivity index (χ2v) is 14.8. The number of nitrogens with zero attached hydrogens (tertiary/aromatic N) is 1. The number of likely N-dealkylation sites (tertiary alicyclic amines) is 1. The van der Waals surface area contributed by atoms with E-state index in [0.29, 0.717) is 19.4 Å². The second kappa shape index (κ2) is 10.3. The van der Waals surface area contributed by atoms with Crippen molar-refractivity contribution < 1.29 is 28.7 Å². The van der Waals surface area contributed by atoms with Crippen molar-refractivity contribution in [3.8, 4) is 0 Å². The summed E-state index contributed by atoms with van der Waals surface area (Å²) in [7, 11) is 0. The molecule has 3 rings (SSSR count). The van der Waals surface area contributed by atoms with Crippen LogP contribution in [0, 0.1) is 28.6 Å². The number of rotatable bonds is 7. The van der Waals surface area contributed by atoms with E-state index >= 15 is 0 Å². The largest absolute Gasteiger partial charge is 0.444 e. The first-order valence-electron chi connectivity index (χ1n) is 12.9. The number of piperidine rings is 1. The molecule has 0 radical (unpaired) electrons. The molecule has 7 atom stereocenters. The summed E-state index contributed by atoms with van der Waals surface area (Å²) in [5.74, 6) is -1.17. The van der Waals surface area contributed by atoms with E-state index in [9.17, 15) is 24.0 Å². The predicted octanol–water partition coefficient (Wildman–Crippen LogP) is 2.03. The molecule has 0 bridgehead atoms. The maximum Gasteiger partial charge on any atom is 0.408 e. The molecule has 10 nitrogen and oxygen atoms in total. The van der Waals surface area contributed by atoms with Gasteiger partial charge < -0.3 is 30.4 Å². The normalized spacial score (nSPS) is 30.0. The summed E-state index contributed by atoms with van der Waals surface area (Å²) >= 11 is 2.18. The van der Waals surface area contributed by atoms with E-state index in [2.05, 4.69) is 52.4 Å². The monoisotopic (exact) mass is 632 g/mol. The maximum absolute atomic E-state index is 13.9. The average molecular weight is 633 g/mol. The van der Waals surface area contributed by atoms with E-state index in [0.717, 1.165) is 0 Å². The van der Waals surface area contributed by atoms with Gasteiger partial charge >= 0.3 is 6.09 Å². The number of hydrogen-bond donors (Lipinski definition) is 3. The van der Waals surface area contributed by atoms with Gasteiger partial charge in [-0.2, -0.15) is 0 Å². The summed E-state index contributed by atoms with van der Waals surface area (Å²) < 4.78 is 5.42. The van der Waals surface area contributed by atoms with E-state index in [-0.39, 0.29) is 45.3 Å². The van der Waals surface area contributed by atoms with Crippen molar-refractivity contribution in [2.75, 3.05) is 13.1 Å². The van der Waals surface area contributed by atoms with Crippen LogP contribution >= 0.6 is 22.6 Å². The first kappa shape index (κ1) is 29.6. The lowest BCUT2D eigenvalue weighted by atomic mass is 9.85. The Morgan fingerprint density at radius 1 is 1.19 bits per heavy atom. The van der Waals surface area contributed by atoms with Gasteiger partial charge in [0.2, 0.25) is 17.7 Å². The van der Waals surface area contributed by atoms with E-state index in [1.807, 2.05) is 20.8 Å². The first-order valence-corrected chi connectivity index (χ1v) is 14.1. The zero-order valence-corrected chi connectivity index (χ0v) is 25.2. The quantitative estimate of drug-likeness (QED) is 0.224. The second-order valence-electron chi connectivity index (χ2n) is 13.2. The van der Waals surface area contributed by atoms with Gasteiger partial charge in [-0.3, -0.25) is 14.4 Å². The lowest BCUT2D eigenvalue weighted by molar-refractivity contribution is -0.144. The number of carbonyl (C=O) groups is 5. The zero-order valence-electron chi connectivity index (χ0n) is 23.0. The van der Waals surface area contributed by atoms with Crippen LogP contribution in [0.3, 0.4) is 0 Å². The molecule has 3 aliphatic rings. The standard InChI is InChI=1S/C26H41IN4O6/c1-24(2,3)19(30-23(36)37-25(4,5)6)22(35)31-11-15-17(26(15,7)8)18(31)21(34)29-13(12-32)9-14-16(27)10-28-20(14)33/h12-19H,9-11H2,1-8H3,(H,28,33)(H,29,34)(H,30,36)/t13-,14+,15-,16+,17?,18-,19+/m0/s1. The molecule has 0 spiro atoms. The molecule has 1 aliphatic carbocycles. The summed E-state index contributed by atoms with van der Waals surface area (Å²) in [6, 6.07) is -2.52. The minimum atomic E-state index is -0.915. The van der Waals surface area contributed by atoms with Gasteiger partial charge in [0.15, 0.2) is 0 Å². The number of amides is 4. The van der Waals surface area contributed by atoms with Crippen molar-refractivity contribution in [2.45, 2.75) is 89.5 Å². The van der Waals surface area contributed by atoms with Crippen LogP contribution in [0.2, 0.25) is 0 Å². The SMILES string of the molecule is CC(C)(C)OC(=O)N[C@H](C(=O)N1C[C@H]2C([C@H]1C(=O)N[C@H](C=O)C[C@H]1C(=O)NC[C@H]1I)C2(C)C)C(C)(C)C. The van der Waals surface area contributed by atoms with Crippen LogP contribution in [-0.2, 0) is 23.9 Å². The number of halogens is 1. The molecule has 2 saturated heterocycles. The van der Waals surface area contributed by atoms with Gasteiger partial charge in [-0.25, -0.2) is 4.79 Å². The highest BCUT2D eigenvalue weighted by Crippen LogP contribution is 2.65. The van der Waals surface area contributed by atoms with Gasteiger partial charge in [0.1, 0.15) is 24.0 Å². The molecule has 0 aromatic heterocycles. The van der Waals surface area contributed by atoms with E-state index < -0.39 is 41.1 Å². The highest BCUT2D eigenvalue weighted by atomic mass is 127. The summed E-state index contributed by atoms with van der Waals surface area (Å²) in [5.41, 5.74) is -1.49. The molecule has 3 fully saturated rings. The lowest BCUT2D eigenvalue weighted by Gasteiger charge is -2.38. The Balaban J connectivity index is 1.79. The summed E-state index contributed by atoms with van der Waals surface area (Å²) in [6.07, 6.45) is 0.166. The molecule has 2 aliphatic heterocycles. The van der Waals surface area contributed by atoms with Crippen LogP contribution in [0.5, 0.6) is 0 Å². The Morgan fingerprint density at radius 3 is 2.30 bits per heavy atom. The van der Waals surface area contributed by atoms with Crippen LogP contribution in [0.15, 0.2) is 0 Å². The minimum absolute atomic E-state index is 0.0345. The Hall–Kier alpha value is -1.92. The van der Waals surface area contributed by atoms with Crippen molar-refractivity contribution >= 4 is 52.7 Å². The fourth-order valence-electron chi connectivity index (χ4n) is 5.63. The Bertz CT molecular complexity index is 956. The number of fused-ring (bicyclic) bond motifs is 1. The highest BCUT2D eigenvalue weighted by molar-refractivity contribution is 14.1. The summed E-state index contributed by atoms with van der Waals surface area (Å²) in [5, 5.41) is 8.32. The predicted molar refractivity (Wildman–Crippen MR) is 146 cm³/mol. The van der Waals surface area contributed by atoms with Crippen molar-refractivity contribution in [3.63, 3.8) is 0 Å². The third kappa shape index (κ3) is 6.39. The van der Waals surface area contributed by atoms with Crippen molar-refractivity contribution in [1.82, 2.24) is 20.9 Å². The third-order valence-corrected chi connectivity index (χ3v) is 9.09. The number of hydrogen-bond acceptors (Lipinski definition) is 6. The van der Waals surface area contributed by atoms with Gasteiger partial charge in [0, 0.05) is 17.0 Å². The topological polar surface area (TPSA) is 134 Å². The smallest absolute Gasteiger partial charge is 0.408 e. The van der Waals surface area contributed by atoms with Crippen LogP contribution in [0.1, 0.15) is 61.8 Å². The molecule has 1 saturated carbocycles. The van der Waals surface area contributed by atoms with Crippen molar-refractivity contribution in [3.05, 3.63) is 0 Å². The average Bonchev–Trinajstić information content (AvgIpc) is 3.07. The van der Waals surface area contributed by atoms with Gasteiger partial charge in [-0.05, 0) is 49.9 Å². The number of ether oxygens (including phenoxy) is 1. The number of alkyl halides is 1. The van der Waals surface area contributed by atoms with E-state index in [1.165, 1.54) is 0 Å². The fourth-order valence-corrected chi connectivity index (χ4v) is 6.47. The molecule has 37 heavy (non-hydrogen) atoms. The zero-order chi connectivity index (χ0) is 28.1. The summed E-state index contributed by atoms with van der Waals surface area (Å²) in [6.45, 7) is 15.8. The van der Waals surface area contributed by atoms with E-state index in [4.69, 9.17) is 4.74 Å². The van der Waals surface area contributed by atoms with Crippen molar-refractivity contribution in [1.29, 1.82) is 0 Å². The van der Waals surface area contributed by atoms with Crippen LogP contribution in [-0.4, -0.2) is 75.7 Å².